The van der Waals surface area contributed by atoms with Crippen molar-refractivity contribution < 1.29 is 9.53 Å². The fourth-order valence-electron chi connectivity index (χ4n) is 1.56. The zero-order valence-electron chi connectivity index (χ0n) is 10.6. The summed E-state index contributed by atoms with van der Waals surface area (Å²) >= 11 is 5.17. The highest BCUT2D eigenvalue weighted by molar-refractivity contribution is 6.66. The number of carbonyl (C=O) groups is 1. The van der Waals surface area contributed by atoms with Gasteiger partial charge in [-0.3, -0.25) is 4.79 Å². The zero-order valence-corrected chi connectivity index (χ0v) is 11.4. The molecule has 0 spiro atoms. The maximum Gasteiger partial charge on any atom is 0.245 e. The summed E-state index contributed by atoms with van der Waals surface area (Å²) in [6, 6.07) is 8.26. The molecule has 0 saturated carbocycles. The van der Waals surface area contributed by atoms with Crippen LogP contribution in [0.2, 0.25) is 0 Å². The number of aryl methyl sites for hydroxylation is 1. The van der Waals surface area contributed by atoms with E-state index < -0.39 is 5.24 Å². The molecule has 0 fully saturated rings. The van der Waals surface area contributed by atoms with Gasteiger partial charge in [0.05, 0.1) is 6.10 Å². The molecule has 0 bridgehead atoms. The fraction of sp³-hybridized carbons (Fsp3) is 0.267. The lowest BCUT2D eigenvalue weighted by Gasteiger charge is -2.13. The largest absolute Gasteiger partial charge is 0.376 e. The topological polar surface area (TPSA) is 26.3 Å². The van der Waals surface area contributed by atoms with Crippen LogP contribution in [0.4, 0.5) is 0 Å². The van der Waals surface area contributed by atoms with Crippen molar-refractivity contribution >= 4 is 16.8 Å². The Morgan fingerprint density at radius 1 is 1.33 bits per heavy atom. The summed E-state index contributed by atoms with van der Waals surface area (Å²) in [4.78, 5) is 10.5. The second-order valence-corrected chi connectivity index (χ2v) is 4.33. The van der Waals surface area contributed by atoms with Gasteiger partial charge < -0.3 is 4.74 Å². The number of hydrogen-bond donors (Lipinski definition) is 0. The number of benzene rings is 1. The lowest BCUT2D eigenvalue weighted by atomic mass is 10.0. The van der Waals surface area contributed by atoms with E-state index in [4.69, 9.17) is 16.3 Å². The number of halogens is 1. The van der Waals surface area contributed by atoms with Crippen LogP contribution in [0.15, 0.2) is 48.6 Å². The quantitative estimate of drug-likeness (QED) is 0.442. The summed E-state index contributed by atoms with van der Waals surface area (Å²) < 4.78 is 5.44. The summed E-state index contributed by atoms with van der Waals surface area (Å²) in [5.41, 5.74) is 2.37. The highest BCUT2D eigenvalue weighted by Gasteiger charge is 2.07. The van der Waals surface area contributed by atoms with Crippen molar-refractivity contribution in [3.63, 3.8) is 0 Å². The predicted molar refractivity (Wildman–Crippen MR) is 74.7 cm³/mol. The first kappa shape index (κ1) is 14.7. The number of hydrogen-bond acceptors (Lipinski definition) is 2. The van der Waals surface area contributed by atoms with E-state index in [2.05, 4.69) is 31.2 Å². The molecule has 0 aromatic heterocycles. The lowest BCUT2D eigenvalue weighted by molar-refractivity contribution is -0.107. The monoisotopic (exact) mass is 264 g/mol. The molecular formula is C15H17ClO2. The van der Waals surface area contributed by atoms with E-state index in [0.717, 1.165) is 12.0 Å². The predicted octanol–water partition coefficient (Wildman–Crippen LogP) is 3.95. The molecular weight excluding hydrogens is 248 g/mol. The van der Waals surface area contributed by atoms with E-state index in [1.54, 1.807) is 19.3 Å². The van der Waals surface area contributed by atoms with Crippen LogP contribution in [0.1, 0.15) is 23.7 Å². The first-order valence-electron chi connectivity index (χ1n) is 5.75. The second kappa shape index (κ2) is 7.85. The van der Waals surface area contributed by atoms with Gasteiger partial charge in [-0.05, 0) is 36.6 Å². The molecule has 2 nitrogen and oxygen atoms in total. The average Bonchev–Trinajstić information content (AvgIpc) is 2.35. The van der Waals surface area contributed by atoms with Crippen molar-refractivity contribution in [2.24, 2.45) is 0 Å². The third-order valence-electron chi connectivity index (χ3n) is 2.56. The van der Waals surface area contributed by atoms with Crippen molar-refractivity contribution in [1.82, 2.24) is 0 Å². The van der Waals surface area contributed by atoms with E-state index in [1.807, 2.05) is 6.08 Å². The van der Waals surface area contributed by atoms with Crippen LogP contribution in [-0.2, 0) is 9.53 Å². The normalized spacial score (nSPS) is 13.3. The molecule has 0 aliphatic carbocycles. The van der Waals surface area contributed by atoms with Gasteiger partial charge in [-0.25, -0.2) is 0 Å². The second-order valence-electron chi connectivity index (χ2n) is 3.96. The molecule has 0 heterocycles. The van der Waals surface area contributed by atoms with Gasteiger partial charge in [0.2, 0.25) is 5.24 Å². The average molecular weight is 265 g/mol. The minimum atomic E-state index is -0.471. The van der Waals surface area contributed by atoms with Gasteiger partial charge in [-0.15, -0.1) is 0 Å². The van der Waals surface area contributed by atoms with Crippen LogP contribution in [0, 0.1) is 6.92 Å². The smallest absolute Gasteiger partial charge is 0.245 e. The Labute approximate surface area is 113 Å². The summed E-state index contributed by atoms with van der Waals surface area (Å²) in [6.07, 6.45) is 7.45. The molecule has 1 atom stereocenters. The molecule has 0 amide bonds. The Morgan fingerprint density at radius 3 is 2.56 bits per heavy atom. The number of ether oxygens (including phenoxy) is 1. The van der Waals surface area contributed by atoms with Crippen LogP contribution in [0.5, 0.6) is 0 Å². The Balaban J connectivity index is 2.57. The molecule has 1 aromatic carbocycles. The van der Waals surface area contributed by atoms with Crippen LogP contribution < -0.4 is 0 Å². The summed E-state index contributed by atoms with van der Waals surface area (Å²) in [7, 11) is 1.69. The Kier molecular flexibility index (Phi) is 6.40. The molecule has 0 aliphatic rings. The van der Waals surface area contributed by atoms with Gasteiger partial charge in [-0.1, -0.05) is 48.1 Å². The molecule has 3 heteroatoms. The van der Waals surface area contributed by atoms with Crippen LogP contribution >= 0.6 is 11.6 Å². The van der Waals surface area contributed by atoms with Crippen molar-refractivity contribution in [3.8, 4) is 0 Å². The maximum absolute atomic E-state index is 10.5. The number of methoxy groups -OCH3 is 1. The van der Waals surface area contributed by atoms with Gasteiger partial charge in [0.1, 0.15) is 0 Å². The third kappa shape index (κ3) is 5.30. The van der Waals surface area contributed by atoms with Crippen molar-refractivity contribution in [1.29, 1.82) is 0 Å². The van der Waals surface area contributed by atoms with Gasteiger partial charge >= 0.3 is 0 Å². The first-order valence-corrected chi connectivity index (χ1v) is 6.13. The molecule has 1 rings (SSSR count). The Morgan fingerprint density at radius 2 is 2.00 bits per heavy atom. The van der Waals surface area contributed by atoms with Crippen LogP contribution in [0.25, 0.3) is 0 Å². The van der Waals surface area contributed by atoms with Crippen LogP contribution in [-0.4, -0.2) is 12.4 Å². The van der Waals surface area contributed by atoms with E-state index >= 15 is 0 Å². The van der Waals surface area contributed by atoms with Gasteiger partial charge in [0.15, 0.2) is 0 Å². The standard InChI is InChI=1S/C15H17ClO2/c1-12-8-10-13(11-9-12)14(18-2)6-4-3-5-7-15(16)17/h3-5,7-11,14H,6H2,1-2H3/b4-3+,7-5+. The van der Waals surface area contributed by atoms with Gasteiger partial charge in [-0.2, -0.15) is 0 Å². The molecule has 0 saturated heterocycles. The van der Waals surface area contributed by atoms with Crippen molar-refractivity contribution in [2.75, 3.05) is 7.11 Å². The number of rotatable bonds is 6. The van der Waals surface area contributed by atoms with E-state index in [-0.39, 0.29) is 6.10 Å². The van der Waals surface area contributed by atoms with Crippen molar-refractivity contribution in [3.05, 3.63) is 59.7 Å². The lowest BCUT2D eigenvalue weighted by Crippen LogP contribution is -1.99. The molecule has 1 aromatic rings. The minimum Gasteiger partial charge on any atom is -0.376 e. The number of carbonyl (C=O) groups excluding carboxylic acids is 1. The molecule has 0 N–H and O–H groups in total. The summed E-state index contributed by atoms with van der Waals surface area (Å²) in [6.45, 7) is 2.06. The van der Waals surface area contributed by atoms with E-state index in [1.165, 1.54) is 11.6 Å². The first-order chi connectivity index (χ1) is 8.63. The molecule has 0 aliphatic heterocycles. The molecule has 96 valence electrons. The Bertz CT molecular complexity index is 432. The summed E-state index contributed by atoms with van der Waals surface area (Å²) in [5.74, 6) is 0. The Hall–Kier alpha value is -1.38. The van der Waals surface area contributed by atoms with E-state index in [0.29, 0.717) is 0 Å². The van der Waals surface area contributed by atoms with Gasteiger partial charge in [0.25, 0.3) is 0 Å². The third-order valence-corrected chi connectivity index (χ3v) is 2.68. The molecule has 0 radical (unpaired) electrons. The maximum atomic E-state index is 10.5. The fourth-order valence-corrected chi connectivity index (χ4v) is 1.63. The highest BCUT2D eigenvalue weighted by Crippen LogP contribution is 2.21. The molecule has 1 unspecified atom stereocenters. The highest BCUT2D eigenvalue weighted by atomic mass is 35.5. The van der Waals surface area contributed by atoms with E-state index in [9.17, 15) is 4.79 Å². The van der Waals surface area contributed by atoms with Crippen molar-refractivity contribution in [2.45, 2.75) is 19.4 Å². The van der Waals surface area contributed by atoms with Gasteiger partial charge in [0, 0.05) is 7.11 Å². The number of allylic oxidation sites excluding steroid dienone is 3. The summed E-state index contributed by atoms with van der Waals surface area (Å²) in [5, 5.41) is -0.471. The van der Waals surface area contributed by atoms with Crippen LogP contribution in [0.3, 0.4) is 0 Å². The SMILES string of the molecule is COC(C/C=C/C=C/C(=O)Cl)c1ccc(C)cc1. The molecule has 18 heavy (non-hydrogen) atoms. The minimum absolute atomic E-state index is 0.0296. The zero-order chi connectivity index (χ0) is 13.4.